The Kier molecular flexibility index (Phi) is 3.35. The maximum Gasteiger partial charge on any atom is 0.221 e. The van der Waals surface area contributed by atoms with E-state index in [0.29, 0.717) is 5.96 Å². The second-order valence-electron chi connectivity index (χ2n) is 1.61. The lowest BCUT2D eigenvalue weighted by Gasteiger charge is -2.00. The lowest BCUT2D eigenvalue weighted by Crippen LogP contribution is -2.17. The molecule has 50 valence electrons. The first-order valence-electron chi connectivity index (χ1n) is 2.56. The number of aliphatic imine (C=N–C) groups is 2. The van der Waals surface area contributed by atoms with Gasteiger partial charge in [-0.1, -0.05) is 6.58 Å². The van der Waals surface area contributed by atoms with Gasteiger partial charge in [-0.25, -0.2) is 4.99 Å². The molecule has 0 rings (SSSR count). The molecule has 0 radical (unpaired) electrons. The van der Waals surface area contributed by atoms with Crippen LogP contribution in [0.25, 0.3) is 0 Å². The van der Waals surface area contributed by atoms with Gasteiger partial charge in [0, 0.05) is 12.7 Å². The summed E-state index contributed by atoms with van der Waals surface area (Å²) in [5, 5.41) is 2.81. The van der Waals surface area contributed by atoms with Crippen molar-refractivity contribution in [1.82, 2.24) is 5.32 Å². The highest BCUT2D eigenvalue weighted by atomic mass is 15.1. The first-order chi connectivity index (χ1) is 4.20. The molecule has 0 atom stereocenters. The molecule has 0 fully saturated rings. The fourth-order valence-corrected chi connectivity index (χ4v) is 0.357. The van der Waals surface area contributed by atoms with Crippen LogP contribution in [-0.2, 0) is 0 Å². The van der Waals surface area contributed by atoms with E-state index in [1.165, 1.54) is 0 Å². The van der Waals surface area contributed by atoms with E-state index in [-0.39, 0.29) is 0 Å². The fraction of sp³-hybridized carbons (Fsp3) is 0.333. The van der Waals surface area contributed by atoms with Crippen molar-refractivity contribution >= 4 is 12.7 Å². The van der Waals surface area contributed by atoms with Gasteiger partial charge in [-0.15, -0.1) is 0 Å². The largest absolute Gasteiger partial charge is 0.329 e. The van der Waals surface area contributed by atoms with Crippen LogP contribution in [0.4, 0.5) is 0 Å². The smallest absolute Gasteiger partial charge is 0.221 e. The van der Waals surface area contributed by atoms with Gasteiger partial charge in [-0.3, -0.25) is 4.99 Å². The normalized spacial score (nSPS) is 10.7. The number of allylic oxidation sites excluding steroid dienone is 1. The Morgan fingerprint density at radius 3 is 2.22 bits per heavy atom. The zero-order chi connectivity index (χ0) is 7.28. The molecule has 0 aliphatic carbocycles. The van der Waals surface area contributed by atoms with Crippen LogP contribution in [-0.4, -0.2) is 19.7 Å². The molecule has 0 aliphatic heterocycles. The first kappa shape index (κ1) is 7.88. The monoisotopic (exact) mass is 125 g/mol. The molecule has 0 aromatic rings. The zero-order valence-corrected chi connectivity index (χ0v) is 5.81. The summed E-state index contributed by atoms with van der Waals surface area (Å²) in [5.74, 6) is 0.502. The molecular weight excluding hydrogens is 114 g/mol. The molecule has 0 aromatic heterocycles. The molecule has 0 saturated heterocycles. The number of nitrogens with zero attached hydrogens (tertiary/aromatic N) is 2. The topological polar surface area (TPSA) is 36.8 Å². The van der Waals surface area contributed by atoms with E-state index in [0.717, 1.165) is 5.70 Å². The van der Waals surface area contributed by atoms with Crippen molar-refractivity contribution in [3.05, 3.63) is 12.3 Å². The summed E-state index contributed by atoms with van der Waals surface area (Å²) in [6.07, 6.45) is 0. The van der Waals surface area contributed by atoms with Gasteiger partial charge >= 0.3 is 0 Å². The highest BCUT2D eigenvalue weighted by Crippen LogP contribution is 1.80. The second-order valence-corrected chi connectivity index (χ2v) is 1.61. The molecule has 0 spiro atoms. The van der Waals surface area contributed by atoms with Crippen molar-refractivity contribution in [1.29, 1.82) is 0 Å². The van der Waals surface area contributed by atoms with Crippen LogP contribution < -0.4 is 5.32 Å². The summed E-state index contributed by atoms with van der Waals surface area (Å²) < 4.78 is 0. The number of hydrogen-bond acceptors (Lipinski definition) is 1. The van der Waals surface area contributed by atoms with Gasteiger partial charge in [0.05, 0.1) is 0 Å². The fourth-order valence-electron chi connectivity index (χ4n) is 0.357. The van der Waals surface area contributed by atoms with E-state index >= 15 is 0 Å². The van der Waals surface area contributed by atoms with E-state index in [1.807, 2.05) is 6.92 Å². The minimum atomic E-state index is 0.502. The molecule has 0 heterocycles. The predicted molar refractivity (Wildman–Crippen MR) is 40.9 cm³/mol. The summed E-state index contributed by atoms with van der Waals surface area (Å²) >= 11 is 0. The van der Waals surface area contributed by atoms with Gasteiger partial charge in [0.1, 0.15) is 0 Å². The maximum absolute atomic E-state index is 3.76. The van der Waals surface area contributed by atoms with Crippen LogP contribution >= 0.6 is 0 Å². The van der Waals surface area contributed by atoms with Crippen molar-refractivity contribution in [3.8, 4) is 0 Å². The van der Waals surface area contributed by atoms with E-state index < -0.39 is 0 Å². The van der Waals surface area contributed by atoms with Gasteiger partial charge in [-0.05, 0) is 13.6 Å². The summed E-state index contributed by atoms with van der Waals surface area (Å²) in [4.78, 5) is 7.34. The summed E-state index contributed by atoms with van der Waals surface area (Å²) in [7, 11) is 1.64. The van der Waals surface area contributed by atoms with Crippen molar-refractivity contribution in [2.45, 2.75) is 6.92 Å². The number of hydrogen-bond donors (Lipinski definition) is 1. The molecule has 9 heavy (non-hydrogen) atoms. The molecule has 3 nitrogen and oxygen atoms in total. The van der Waals surface area contributed by atoms with Crippen LogP contribution in [0.5, 0.6) is 0 Å². The molecule has 0 saturated carbocycles. The van der Waals surface area contributed by atoms with Crippen molar-refractivity contribution in [2.24, 2.45) is 9.98 Å². The van der Waals surface area contributed by atoms with Crippen molar-refractivity contribution in [3.63, 3.8) is 0 Å². The minimum absolute atomic E-state index is 0.502. The lowest BCUT2D eigenvalue weighted by atomic mass is 10.6. The zero-order valence-electron chi connectivity index (χ0n) is 5.81. The predicted octanol–water partition coefficient (Wildman–Crippen LogP) is 0.796. The van der Waals surface area contributed by atoms with Crippen LogP contribution in [0.2, 0.25) is 0 Å². The van der Waals surface area contributed by atoms with Crippen LogP contribution in [0.15, 0.2) is 22.3 Å². The summed E-state index contributed by atoms with van der Waals surface area (Å²) in [6.45, 7) is 8.74. The lowest BCUT2D eigenvalue weighted by molar-refractivity contribution is 1.09. The van der Waals surface area contributed by atoms with E-state index in [1.54, 1.807) is 7.05 Å². The van der Waals surface area contributed by atoms with E-state index in [2.05, 4.69) is 28.6 Å². The average molecular weight is 125 g/mol. The summed E-state index contributed by atoms with van der Waals surface area (Å²) in [6, 6.07) is 0. The van der Waals surface area contributed by atoms with Crippen LogP contribution in [0.1, 0.15) is 6.92 Å². The highest BCUT2D eigenvalue weighted by Gasteiger charge is 1.87. The van der Waals surface area contributed by atoms with Gasteiger partial charge in [0.25, 0.3) is 0 Å². The molecule has 0 unspecified atom stereocenters. The Bertz CT molecular complexity index is 146. The number of nitrogens with one attached hydrogen (secondary N) is 1. The molecule has 3 heteroatoms. The Labute approximate surface area is 55.2 Å². The van der Waals surface area contributed by atoms with E-state index in [9.17, 15) is 0 Å². The summed E-state index contributed by atoms with van der Waals surface area (Å²) in [5.41, 5.74) is 0.808. The third-order valence-electron chi connectivity index (χ3n) is 0.687. The third-order valence-corrected chi connectivity index (χ3v) is 0.687. The quantitative estimate of drug-likeness (QED) is 0.408. The molecule has 0 aliphatic rings. The highest BCUT2D eigenvalue weighted by molar-refractivity contribution is 5.85. The Morgan fingerprint density at radius 1 is 1.56 bits per heavy atom. The molecule has 0 bridgehead atoms. The Morgan fingerprint density at radius 2 is 2.11 bits per heavy atom. The Hall–Kier alpha value is -1.12. The van der Waals surface area contributed by atoms with Gasteiger partial charge < -0.3 is 5.32 Å². The number of guanidine groups is 1. The molecule has 0 aromatic carbocycles. The SMILES string of the molecule is C=NC(=NC)NC(=C)C. The molecule has 1 N–H and O–H groups in total. The molecule has 0 amide bonds. The Balaban J connectivity index is 3.86. The standard InChI is InChI=1S/C6H11N3/c1-5(2)9-6(7-3)8-4/h1,3H2,2,4H3,(H,8,9). The molecular formula is C6H11N3. The van der Waals surface area contributed by atoms with E-state index in [4.69, 9.17) is 0 Å². The number of rotatable bonds is 1. The average Bonchev–Trinajstić information content (AvgIpc) is 1.82. The van der Waals surface area contributed by atoms with Crippen molar-refractivity contribution < 1.29 is 0 Å². The minimum Gasteiger partial charge on any atom is -0.329 e. The van der Waals surface area contributed by atoms with Gasteiger partial charge in [-0.2, -0.15) is 0 Å². The first-order valence-corrected chi connectivity index (χ1v) is 2.56. The van der Waals surface area contributed by atoms with Gasteiger partial charge in [0.15, 0.2) is 0 Å². The van der Waals surface area contributed by atoms with Crippen LogP contribution in [0, 0.1) is 0 Å². The second kappa shape index (κ2) is 3.83. The van der Waals surface area contributed by atoms with Gasteiger partial charge in [0.2, 0.25) is 5.96 Å². The van der Waals surface area contributed by atoms with Crippen LogP contribution in [0.3, 0.4) is 0 Å². The maximum atomic E-state index is 3.76. The van der Waals surface area contributed by atoms with Crippen molar-refractivity contribution in [2.75, 3.05) is 7.05 Å². The third kappa shape index (κ3) is 3.46.